The van der Waals surface area contributed by atoms with Crippen molar-refractivity contribution in [3.63, 3.8) is 0 Å². The number of methoxy groups -OCH3 is 3. The van der Waals surface area contributed by atoms with Crippen molar-refractivity contribution in [3.05, 3.63) is 82.4 Å². The summed E-state index contributed by atoms with van der Waals surface area (Å²) < 4.78 is 21.4. The molecule has 33 heavy (non-hydrogen) atoms. The fraction of sp³-hybridized carbons (Fsp3) is 0.167. The molecule has 3 aromatic rings. The van der Waals surface area contributed by atoms with Gasteiger partial charge in [0.25, 0.3) is 11.8 Å². The fourth-order valence-corrected chi connectivity index (χ4v) is 3.09. The molecule has 8 nitrogen and oxygen atoms in total. The van der Waals surface area contributed by atoms with E-state index in [1.54, 1.807) is 24.3 Å². The number of carbonyl (C=O) groups excluding carboxylic acids is 2. The number of rotatable bonds is 8. The molecule has 0 aliphatic heterocycles. The summed E-state index contributed by atoms with van der Waals surface area (Å²) in [6.07, 6.45) is 0. The van der Waals surface area contributed by atoms with E-state index in [9.17, 15) is 9.59 Å². The molecule has 172 valence electrons. The summed E-state index contributed by atoms with van der Waals surface area (Å²) in [5, 5.41) is 0.594. The van der Waals surface area contributed by atoms with E-state index >= 15 is 0 Å². The van der Waals surface area contributed by atoms with Crippen molar-refractivity contribution in [1.29, 1.82) is 0 Å². The normalized spacial score (nSPS) is 10.2. The standard InChI is InChI=1S/C24H23ClN2O6/c1-30-18-10-17(11-19(13-18)31-2)24(29)27-26-23(28)15-8-9-21(22(12-15)32-3)33-14-16-6-4-5-7-20(16)25/h4-13H,14H2,1-3H3,(H,26,28)(H,27,29). The SMILES string of the molecule is COc1cc(OC)cc(C(=O)NNC(=O)c2ccc(OCc3ccccc3Cl)c(OC)c2)c1. The summed E-state index contributed by atoms with van der Waals surface area (Å²) >= 11 is 6.16. The molecule has 0 aliphatic carbocycles. The zero-order valence-corrected chi connectivity index (χ0v) is 19.1. The van der Waals surface area contributed by atoms with Gasteiger partial charge in [-0.1, -0.05) is 29.8 Å². The average Bonchev–Trinajstić information content (AvgIpc) is 2.86. The van der Waals surface area contributed by atoms with E-state index in [2.05, 4.69) is 10.9 Å². The summed E-state index contributed by atoms with van der Waals surface area (Å²) in [5.74, 6) is 0.632. The fourth-order valence-electron chi connectivity index (χ4n) is 2.90. The predicted octanol–water partition coefficient (Wildman–Crippen LogP) is 4.02. The first kappa shape index (κ1) is 23.7. The second-order valence-corrected chi connectivity index (χ2v) is 7.16. The Bertz CT molecular complexity index is 1130. The maximum atomic E-state index is 12.5. The average molecular weight is 471 g/mol. The van der Waals surface area contributed by atoms with Crippen LogP contribution in [0, 0.1) is 0 Å². The molecule has 3 aromatic carbocycles. The van der Waals surface area contributed by atoms with Crippen LogP contribution in [0.25, 0.3) is 0 Å². The third kappa shape index (κ3) is 6.08. The van der Waals surface area contributed by atoms with Crippen molar-refractivity contribution in [3.8, 4) is 23.0 Å². The molecule has 0 aliphatic rings. The molecule has 0 radical (unpaired) electrons. The van der Waals surface area contributed by atoms with E-state index < -0.39 is 11.8 Å². The minimum absolute atomic E-state index is 0.238. The van der Waals surface area contributed by atoms with Crippen LogP contribution in [0.15, 0.2) is 60.7 Å². The summed E-state index contributed by atoms with van der Waals surface area (Å²) in [7, 11) is 4.43. The Morgan fingerprint density at radius 3 is 2.00 bits per heavy atom. The highest BCUT2D eigenvalue weighted by molar-refractivity contribution is 6.31. The van der Waals surface area contributed by atoms with Gasteiger partial charge in [0.1, 0.15) is 18.1 Å². The number of carbonyl (C=O) groups is 2. The number of benzene rings is 3. The third-order valence-corrected chi connectivity index (χ3v) is 5.04. The molecule has 0 saturated carbocycles. The highest BCUT2D eigenvalue weighted by Gasteiger charge is 2.14. The molecule has 0 atom stereocenters. The van der Waals surface area contributed by atoms with Gasteiger partial charge >= 0.3 is 0 Å². The smallest absolute Gasteiger partial charge is 0.269 e. The number of amides is 2. The van der Waals surface area contributed by atoms with Crippen LogP contribution in [0.4, 0.5) is 0 Å². The second-order valence-electron chi connectivity index (χ2n) is 6.76. The molecule has 0 saturated heterocycles. The summed E-state index contributed by atoms with van der Waals surface area (Å²) in [6.45, 7) is 0.238. The molecule has 0 unspecified atom stereocenters. The van der Waals surface area contributed by atoms with Crippen molar-refractivity contribution in [1.82, 2.24) is 10.9 Å². The lowest BCUT2D eigenvalue weighted by atomic mass is 10.2. The third-order valence-electron chi connectivity index (χ3n) is 4.67. The number of hydrogen-bond donors (Lipinski definition) is 2. The minimum Gasteiger partial charge on any atom is -0.497 e. The maximum absolute atomic E-state index is 12.5. The van der Waals surface area contributed by atoms with Gasteiger partial charge in [-0.15, -0.1) is 0 Å². The Balaban J connectivity index is 1.65. The largest absolute Gasteiger partial charge is 0.497 e. The Morgan fingerprint density at radius 2 is 1.39 bits per heavy atom. The number of hydrogen-bond acceptors (Lipinski definition) is 6. The van der Waals surface area contributed by atoms with Crippen molar-refractivity contribution in [2.24, 2.45) is 0 Å². The predicted molar refractivity (Wildman–Crippen MR) is 123 cm³/mol. The van der Waals surface area contributed by atoms with E-state index in [-0.39, 0.29) is 17.7 Å². The quantitative estimate of drug-likeness (QED) is 0.483. The number of nitrogens with one attached hydrogen (secondary N) is 2. The highest BCUT2D eigenvalue weighted by Crippen LogP contribution is 2.29. The van der Waals surface area contributed by atoms with E-state index in [1.807, 2.05) is 18.2 Å². The van der Waals surface area contributed by atoms with Crippen LogP contribution in [-0.4, -0.2) is 33.1 Å². The van der Waals surface area contributed by atoms with Crippen LogP contribution >= 0.6 is 11.6 Å². The van der Waals surface area contributed by atoms with E-state index in [4.69, 9.17) is 30.5 Å². The van der Waals surface area contributed by atoms with Crippen LogP contribution in [0.2, 0.25) is 5.02 Å². The molecule has 0 bridgehead atoms. The number of ether oxygens (including phenoxy) is 4. The zero-order chi connectivity index (χ0) is 23.8. The topological polar surface area (TPSA) is 95.1 Å². The van der Waals surface area contributed by atoms with Gasteiger partial charge in [0, 0.05) is 27.8 Å². The molecular weight excluding hydrogens is 448 g/mol. The van der Waals surface area contributed by atoms with Gasteiger partial charge in [-0.3, -0.25) is 20.4 Å². The molecule has 2 N–H and O–H groups in total. The highest BCUT2D eigenvalue weighted by atomic mass is 35.5. The number of halogens is 1. The minimum atomic E-state index is -0.535. The molecule has 9 heteroatoms. The lowest BCUT2D eigenvalue weighted by molar-refractivity contribution is 0.0846. The first-order chi connectivity index (χ1) is 15.9. The van der Waals surface area contributed by atoms with Gasteiger partial charge < -0.3 is 18.9 Å². The van der Waals surface area contributed by atoms with E-state index in [0.29, 0.717) is 28.0 Å². The molecule has 2 amide bonds. The molecule has 0 aromatic heterocycles. The van der Waals surface area contributed by atoms with Gasteiger partial charge in [0.05, 0.1) is 21.3 Å². The van der Waals surface area contributed by atoms with Gasteiger partial charge in [0.15, 0.2) is 11.5 Å². The Kier molecular flexibility index (Phi) is 7.99. The van der Waals surface area contributed by atoms with Crippen molar-refractivity contribution >= 4 is 23.4 Å². The Labute approximate surface area is 196 Å². The molecule has 0 fully saturated rings. The summed E-state index contributed by atoms with van der Waals surface area (Å²) in [4.78, 5) is 25.0. The monoisotopic (exact) mass is 470 g/mol. The van der Waals surface area contributed by atoms with E-state index in [1.165, 1.54) is 39.5 Å². The molecule has 0 heterocycles. The molecular formula is C24H23ClN2O6. The van der Waals surface area contributed by atoms with Crippen LogP contribution in [0.3, 0.4) is 0 Å². The van der Waals surface area contributed by atoms with Crippen LogP contribution in [0.1, 0.15) is 26.3 Å². The Morgan fingerprint density at radius 1 is 0.758 bits per heavy atom. The van der Waals surface area contributed by atoms with Gasteiger partial charge in [-0.2, -0.15) is 0 Å². The molecule has 3 rings (SSSR count). The first-order valence-corrected chi connectivity index (χ1v) is 10.2. The lowest BCUT2D eigenvalue weighted by Crippen LogP contribution is -2.41. The van der Waals surface area contributed by atoms with Crippen LogP contribution in [-0.2, 0) is 6.61 Å². The first-order valence-electron chi connectivity index (χ1n) is 9.83. The maximum Gasteiger partial charge on any atom is 0.269 e. The van der Waals surface area contributed by atoms with Crippen molar-refractivity contribution in [2.45, 2.75) is 6.61 Å². The van der Waals surface area contributed by atoms with Crippen molar-refractivity contribution < 1.29 is 28.5 Å². The lowest BCUT2D eigenvalue weighted by Gasteiger charge is -2.13. The number of hydrazine groups is 1. The summed E-state index contributed by atoms with van der Waals surface area (Å²) in [6, 6.07) is 16.7. The van der Waals surface area contributed by atoms with Crippen LogP contribution in [0.5, 0.6) is 23.0 Å². The van der Waals surface area contributed by atoms with Crippen molar-refractivity contribution in [2.75, 3.05) is 21.3 Å². The zero-order valence-electron chi connectivity index (χ0n) is 18.3. The van der Waals surface area contributed by atoms with Gasteiger partial charge in [0.2, 0.25) is 0 Å². The molecule has 0 spiro atoms. The van der Waals surface area contributed by atoms with Gasteiger partial charge in [-0.05, 0) is 36.4 Å². The Hall–Kier alpha value is -3.91. The van der Waals surface area contributed by atoms with E-state index in [0.717, 1.165) is 5.56 Å². The summed E-state index contributed by atoms with van der Waals surface area (Å²) in [5.41, 5.74) is 6.08. The second kappa shape index (κ2) is 11.1. The van der Waals surface area contributed by atoms with Crippen LogP contribution < -0.4 is 29.8 Å². The van der Waals surface area contributed by atoms with Gasteiger partial charge in [-0.25, -0.2) is 0 Å².